The Balaban J connectivity index is 1.88. The van der Waals surface area contributed by atoms with Crippen molar-refractivity contribution in [1.82, 2.24) is 19.3 Å². The second-order valence-corrected chi connectivity index (χ2v) is 9.42. The summed E-state index contributed by atoms with van der Waals surface area (Å²) in [5.41, 5.74) is 0.950. The minimum atomic E-state index is -0.417. The van der Waals surface area contributed by atoms with E-state index in [1.807, 2.05) is 41.5 Å². The third kappa shape index (κ3) is 3.73. The van der Waals surface area contributed by atoms with Crippen molar-refractivity contribution in [3.8, 4) is 0 Å². The first-order chi connectivity index (χ1) is 13.2. The summed E-state index contributed by atoms with van der Waals surface area (Å²) in [6.07, 6.45) is 1.67. The number of hydrogen-bond donors (Lipinski definition) is 1. The molecule has 0 aliphatic rings. The van der Waals surface area contributed by atoms with Gasteiger partial charge in [-0.15, -0.1) is 11.3 Å². The summed E-state index contributed by atoms with van der Waals surface area (Å²) in [5, 5.41) is 8.00. The van der Waals surface area contributed by atoms with Crippen LogP contribution in [-0.2, 0) is 11.3 Å². The molecule has 0 saturated carbocycles. The van der Waals surface area contributed by atoms with E-state index >= 15 is 0 Å². The lowest BCUT2D eigenvalue weighted by Crippen LogP contribution is -2.27. The van der Waals surface area contributed by atoms with Gasteiger partial charge < -0.3 is 5.32 Å². The van der Waals surface area contributed by atoms with Crippen LogP contribution < -0.4 is 10.9 Å². The summed E-state index contributed by atoms with van der Waals surface area (Å²) < 4.78 is 3.41. The molecule has 3 aromatic rings. The Morgan fingerprint density at radius 3 is 2.68 bits per heavy atom. The fraction of sp³-hybridized carbons (Fsp3) is 0.474. The highest BCUT2D eigenvalue weighted by molar-refractivity contribution is 8.00. The number of aryl methyl sites for hydroxylation is 2. The Hall–Kier alpha value is -2.13. The van der Waals surface area contributed by atoms with Crippen molar-refractivity contribution in [2.24, 2.45) is 0 Å². The van der Waals surface area contributed by atoms with Gasteiger partial charge in [0, 0.05) is 23.5 Å². The zero-order valence-corrected chi connectivity index (χ0v) is 18.6. The summed E-state index contributed by atoms with van der Waals surface area (Å²) in [6.45, 7) is 12.2. The number of nitrogens with one attached hydrogen (secondary N) is 1. The fourth-order valence-corrected chi connectivity index (χ4v) is 4.98. The largest absolute Gasteiger partial charge is 0.310 e. The van der Waals surface area contributed by atoms with E-state index in [4.69, 9.17) is 4.98 Å². The van der Waals surface area contributed by atoms with E-state index in [-0.39, 0.29) is 17.5 Å². The van der Waals surface area contributed by atoms with Crippen molar-refractivity contribution in [2.45, 2.75) is 64.5 Å². The smallest absolute Gasteiger partial charge is 0.263 e. The van der Waals surface area contributed by atoms with Crippen LogP contribution in [0.1, 0.15) is 44.2 Å². The van der Waals surface area contributed by atoms with E-state index in [1.54, 1.807) is 21.5 Å². The molecule has 0 aliphatic heterocycles. The number of carbonyl (C=O) groups excluding carboxylic acids is 1. The zero-order chi connectivity index (χ0) is 20.6. The molecule has 1 N–H and O–H groups in total. The van der Waals surface area contributed by atoms with Crippen LogP contribution in [0.4, 0.5) is 5.82 Å². The first-order valence-electron chi connectivity index (χ1n) is 9.26. The number of fused-ring (bicyclic) bond motifs is 1. The van der Waals surface area contributed by atoms with Crippen LogP contribution in [0.3, 0.4) is 0 Å². The fourth-order valence-electron chi connectivity index (χ4n) is 2.94. The number of thioether (sulfide) groups is 1. The SMILES string of the molecule is CCn1c(SC(C)C(=O)Nc2ccnn2C(C)C)nc2sc(C)c(C)c2c1=O. The molecule has 0 aromatic carbocycles. The average Bonchev–Trinajstić information content (AvgIpc) is 3.20. The number of rotatable bonds is 6. The Morgan fingerprint density at radius 1 is 1.32 bits per heavy atom. The zero-order valence-electron chi connectivity index (χ0n) is 16.9. The minimum Gasteiger partial charge on any atom is -0.310 e. The van der Waals surface area contributed by atoms with Crippen molar-refractivity contribution in [3.63, 3.8) is 0 Å². The Labute approximate surface area is 172 Å². The maximum atomic E-state index is 12.9. The van der Waals surface area contributed by atoms with Gasteiger partial charge >= 0.3 is 0 Å². The molecule has 0 spiro atoms. The average molecular weight is 420 g/mol. The van der Waals surface area contributed by atoms with E-state index in [1.165, 1.54) is 23.1 Å². The molecule has 28 heavy (non-hydrogen) atoms. The molecule has 0 aliphatic carbocycles. The summed E-state index contributed by atoms with van der Waals surface area (Å²) in [4.78, 5) is 32.2. The summed E-state index contributed by atoms with van der Waals surface area (Å²) >= 11 is 2.82. The molecule has 0 bridgehead atoms. The van der Waals surface area contributed by atoms with E-state index < -0.39 is 5.25 Å². The number of nitrogens with zero attached hydrogens (tertiary/aromatic N) is 4. The van der Waals surface area contributed by atoms with Crippen LogP contribution in [0.25, 0.3) is 10.2 Å². The number of amides is 1. The molecule has 3 rings (SSSR count). The molecule has 3 heterocycles. The topological polar surface area (TPSA) is 81.8 Å². The van der Waals surface area contributed by atoms with Crippen molar-refractivity contribution in [3.05, 3.63) is 33.1 Å². The monoisotopic (exact) mass is 419 g/mol. The van der Waals surface area contributed by atoms with E-state index in [0.29, 0.717) is 22.9 Å². The number of aromatic nitrogens is 4. The second kappa shape index (κ2) is 8.08. The van der Waals surface area contributed by atoms with Gasteiger partial charge in [-0.3, -0.25) is 14.2 Å². The summed E-state index contributed by atoms with van der Waals surface area (Å²) in [5.74, 6) is 0.510. The molecule has 7 nitrogen and oxygen atoms in total. The van der Waals surface area contributed by atoms with Gasteiger partial charge in [-0.1, -0.05) is 11.8 Å². The highest BCUT2D eigenvalue weighted by Gasteiger charge is 2.22. The lowest BCUT2D eigenvalue weighted by molar-refractivity contribution is -0.115. The maximum Gasteiger partial charge on any atom is 0.263 e. The molecule has 0 radical (unpaired) electrons. The number of anilines is 1. The molecule has 1 amide bonds. The van der Waals surface area contributed by atoms with Crippen molar-refractivity contribution in [2.75, 3.05) is 5.32 Å². The van der Waals surface area contributed by atoms with Gasteiger partial charge in [0.15, 0.2) is 5.16 Å². The molecule has 0 saturated heterocycles. The van der Waals surface area contributed by atoms with Gasteiger partial charge in [0.05, 0.1) is 16.8 Å². The molecular weight excluding hydrogens is 394 g/mol. The lowest BCUT2D eigenvalue weighted by atomic mass is 10.2. The first-order valence-corrected chi connectivity index (χ1v) is 11.0. The van der Waals surface area contributed by atoms with Gasteiger partial charge in [0.25, 0.3) is 5.56 Å². The highest BCUT2D eigenvalue weighted by Crippen LogP contribution is 2.30. The lowest BCUT2D eigenvalue weighted by Gasteiger charge is -2.16. The minimum absolute atomic E-state index is 0.0395. The first kappa shape index (κ1) is 20.6. The molecule has 9 heteroatoms. The second-order valence-electron chi connectivity index (χ2n) is 6.91. The Bertz CT molecular complexity index is 1080. The number of thiophene rings is 1. The van der Waals surface area contributed by atoms with E-state index in [2.05, 4.69) is 10.4 Å². The van der Waals surface area contributed by atoms with Crippen molar-refractivity contribution in [1.29, 1.82) is 0 Å². The van der Waals surface area contributed by atoms with Crippen LogP contribution in [-0.4, -0.2) is 30.5 Å². The number of carbonyl (C=O) groups is 1. The third-order valence-electron chi connectivity index (χ3n) is 4.63. The van der Waals surface area contributed by atoms with Crippen molar-refractivity contribution >= 4 is 45.0 Å². The molecule has 1 atom stereocenters. The van der Waals surface area contributed by atoms with Gasteiger partial charge in [0.2, 0.25) is 5.91 Å². The van der Waals surface area contributed by atoms with Crippen LogP contribution in [0.2, 0.25) is 0 Å². The van der Waals surface area contributed by atoms with Crippen molar-refractivity contribution < 1.29 is 4.79 Å². The van der Waals surface area contributed by atoms with Gasteiger partial charge in [-0.25, -0.2) is 9.67 Å². The van der Waals surface area contributed by atoms with Crippen LogP contribution in [0.5, 0.6) is 0 Å². The molecule has 150 valence electrons. The predicted molar refractivity (Wildman–Crippen MR) is 116 cm³/mol. The molecular formula is C19H25N5O2S2. The molecule has 1 unspecified atom stereocenters. The van der Waals surface area contributed by atoms with E-state index in [0.717, 1.165) is 15.3 Å². The highest BCUT2D eigenvalue weighted by atomic mass is 32.2. The van der Waals surface area contributed by atoms with Gasteiger partial charge in [0.1, 0.15) is 10.6 Å². The Kier molecular flexibility index (Phi) is 5.95. The van der Waals surface area contributed by atoms with E-state index in [9.17, 15) is 9.59 Å². The van der Waals surface area contributed by atoms with Gasteiger partial charge in [-0.2, -0.15) is 5.10 Å². The Morgan fingerprint density at radius 2 is 2.04 bits per heavy atom. The maximum absolute atomic E-state index is 12.9. The van der Waals surface area contributed by atoms with Crippen LogP contribution in [0.15, 0.2) is 22.2 Å². The summed E-state index contributed by atoms with van der Waals surface area (Å²) in [6, 6.07) is 1.92. The van der Waals surface area contributed by atoms with Gasteiger partial charge in [-0.05, 0) is 47.1 Å². The third-order valence-corrected chi connectivity index (χ3v) is 6.82. The number of hydrogen-bond acceptors (Lipinski definition) is 6. The van der Waals surface area contributed by atoms with Crippen LogP contribution >= 0.6 is 23.1 Å². The standard InChI is InChI=1S/C19H25N5O2S2/c1-7-23-18(26)15-11(4)12(5)27-17(15)22-19(23)28-13(6)16(25)21-14-8-9-20-24(14)10(2)3/h8-10,13H,7H2,1-6H3,(H,21,25). The summed E-state index contributed by atoms with van der Waals surface area (Å²) in [7, 11) is 0. The predicted octanol–water partition coefficient (Wildman–Crippen LogP) is 3.99. The quantitative estimate of drug-likeness (QED) is 0.482. The molecule has 3 aromatic heterocycles. The normalized spacial score (nSPS) is 12.7. The molecule has 0 fully saturated rings. The van der Waals surface area contributed by atoms with Crippen LogP contribution in [0, 0.1) is 13.8 Å².